The molecule has 30 heavy (non-hydrogen) atoms. The van der Waals surface area contributed by atoms with E-state index in [0.29, 0.717) is 30.3 Å². The maximum atomic E-state index is 12.9. The minimum Gasteiger partial charge on any atom is -0.478 e. The van der Waals surface area contributed by atoms with Crippen LogP contribution in [0, 0.1) is 6.92 Å². The van der Waals surface area contributed by atoms with Crippen molar-refractivity contribution in [3.8, 4) is 11.5 Å². The maximum absolute atomic E-state index is 12.9. The van der Waals surface area contributed by atoms with Crippen molar-refractivity contribution in [1.29, 1.82) is 0 Å². The summed E-state index contributed by atoms with van der Waals surface area (Å²) in [5.41, 5.74) is 4.73. The van der Waals surface area contributed by atoms with E-state index < -0.39 is 0 Å². The molecule has 3 aromatic rings. The third kappa shape index (κ3) is 3.60. The second-order valence-electron chi connectivity index (χ2n) is 7.66. The number of hydrogen-bond donors (Lipinski definition) is 0. The molecule has 0 aliphatic carbocycles. The molecule has 0 fully saturated rings. The van der Waals surface area contributed by atoms with Gasteiger partial charge in [-0.3, -0.25) is 9.69 Å². The summed E-state index contributed by atoms with van der Waals surface area (Å²) in [5, 5.41) is 0.719. The van der Waals surface area contributed by atoms with E-state index in [1.165, 1.54) is 0 Å². The first kappa shape index (κ1) is 18.9. The van der Waals surface area contributed by atoms with Gasteiger partial charge < -0.3 is 9.47 Å². The van der Waals surface area contributed by atoms with Crippen LogP contribution in [0.5, 0.6) is 11.5 Å². The number of ketones is 1. The Morgan fingerprint density at radius 2 is 1.93 bits per heavy atom. The number of carbonyl (C=O) groups is 1. The minimum absolute atomic E-state index is 0.0934. The number of fused-ring (bicyclic) bond motifs is 3. The zero-order chi connectivity index (χ0) is 20.7. The van der Waals surface area contributed by atoms with E-state index in [1.807, 2.05) is 61.5 Å². The summed E-state index contributed by atoms with van der Waals surface area (Å²) in [6.45, 7) is 3.87. The lowest BCUT2D eigenvalue weighted by atomic mass is 10.0. The Morgan fingerprint density at radius 3 is 2.73 bits per heavy atom. The number of ether oxygens (including phenoxy) is 2. The Morgan fingerprint density at radius 1 is 1.10 bits per heavy atom. The number of nitrogens with zero attached hydrogens (tertiary/aromatic N) is 1. The molecule has 0 spiro atoms. The van der Waals surface area contributed by atoms with Gasteiger partial charge in [0.05, 0.1) is 11.1 Å². The number of hydrogen-bond acceptors (Lipinski definition) is 4. The predicted octanol–water partition coefficient (Wildman–Crippen LogP) is 5.62. The largest absolute Gasteiger partial charge is 0.478 e. The van der Waals surface area contributed by atoms with Crippen LogP contribution in [0.2, 0.25) is 5.02 Å². The molecule has 2 heterocycles. The van der Waals surface area contributed by atoms with Crippen LogP contribution in [0.1, 0.15) is 32.6 Å². The summed E-state index contributed by atoms with van der Waals surface area (Å²) in [6.07, 6.45) is 1.80. The van der Waals surface area contributed by atoms with Gasteiger partial charge in [-0.15, -0.1) is 0 Å². The molecule has 0 N–H and O–H groups in total. The van der Waals surface area contributed by atoms with Crippen LogP contribution in [0.3, 0.4) is 0 Å². The van der Waals surface area contributed by atoms with Crippen LogP contribution in [0.25, 0.3) is 6.08 Å². The Hall–Kier alpha value is -3.08. The van der Waals surface area contributed by atoms with Crippen LogP contribution in [-0.4, -0.2) is 17.4 Å². The van der Waals surface area contributed by atoms with Crippen molar-refractivity contribution in [3.05, 3.63) is 99.3 Å². The molecule has 5 heteroatoms. The number of aryl methyl sites for hydroxylation is 1. The van der Waals surface area contributed by atoms with Crippen LogP contribution in [0.4, 0.5) is 0 Å². The van der Waals surface area contributed by atoms with E-state index in [2.05, 4.69) is 4.90 Å². The van der Waals surface area contributed by atoms with Gasteiger partial charge in [-0.05, 0) is 48.4 Å². The lowest BCUT2D eigenvalue weighted by Gasteiger charge is -2.29. The molecule has 0 radical (unpaired) electrons. The second kappa shape index (κ2) is 7.63. The summed E-state index contributed by atoms with van der Waals surface area (Å²) in [7, 11) is 0. The molecule has 0 unspecified atom stereocenters. The monoisotopic (exact) mass is 417 g/mol. The standard InChI is InChI=1S/C25H20ClNO3/c1-16-3-2-4-18(11-16)12-23-24(28)20-9-10-22-21(25(20)30-23)14-27(15-29-22)13-17-5-7-19(26)8-6-17/h2-12H,13-15H2,1H3/b23-12-. The van der Waals surface area contributed by atoms with Crippen molar-refractivity contribution in [2.24, 2.45) is 0 Å². The molecule has 0 atom stereocenters. The van der Waals surface area contributed by atoms with Gasteiger partial charge in [0, 0.05) is 18.1 Å². The van der Waals surface area contributed by atoms with E-state index in [0.717, 1.165) is 39.6 Å². The van der Waals surface area contributed by atoms with E-state index >= 15 is 0 Å². The number of rotatable bonds is 3. The topological polar surface area (TPSA) is 38.8 Å². The van der Waals surface area contributed by atoms with Crippen LogP contribution < -0.4 is 9.47 Å². The highest BCUT2D eigenvalue weighted by atomic mass is 35.5. The SMILES string of the molecule is Cc1cccc(/C=C2\Oc3c(ccc4c3CN(Cc3ccc(Cl)cc3)CO4)C2=O)c1. The van der Waals surface area contributed by atoms with E-state index in [9.17, 15) is 4.79 Å². The molecule has 0 bridgehead atoms. The van der Waals surface area contributed by atoms with Crippen molar-refractivity contribution < 1.29 is 14.3 Å². The fraction of sp³-hybridized carbons (Fsp3) is 0.160. The Bertz CT molecular complexity index is 1170. The highest BCUT2D eigenvalue weighted by molar-refractivity contribution is 6.30. The summed E-state index contributed by atoms with van der Waals surface area (Å²) in [6, 6.07) is 19.4. The molecule has 0 saturated carbocycles. The molecule has 0 aromatic heterocycles. The normalized spacial score (nSPS) is 16.7. The number of benzene rings is 3. The summed E-state index contributed by atoms with van der Waals surface area (Å²) >= 11 is 5.99. The molecule has 5 rings (SSSR count). The highest BCUT2D eigenvalue weighted by Crippen LogP contribution is 2.42. The van der Waals surface area contributed by atoms with E-state index in [-0.39, 0.29) is 5.78 Å². The Kier molecular flexibility index (Phi) is 4.81. The average Bonchev–Trinajstić information content (AvgIpc) is 3.06. The third-order valence-electron chi connectivity index (χ3n) is 5.34. The van der Waals surface area contributed by atoms with Gasteiger partial charge in [-0.25, -0.2) is 0 Å². The van der Waals surface area contributed by atoms with Gasteiger partial charge in [0.15, 0.2) is 5.76 Å². The first-order valence-electron chi connectivity index (χ1n) is 9.83. The van der Waals surface area contributed by atoms with Crippen molar-refractivity contribution in [2.75, 3.05) is 6.73 Å². The summed E-state index contributed by atoms with van der Waals surface area (Å²) in [5.74, 6) is 1.63. The highest BCUT2D eigenvalue weighted by Gasteiger charge is 2.33. The molecule has 0 saturated heterocycles. The number of carbonyl (C=O) groups excluding carboxylic acids is 1. The fourth-order valence-electron chi connectivity index (χ4n) is 3.87. The van der Waals surface area contributed by atoms with Crippen LogP contribution in [0.15, 0.2) is 66.4 Å². The third-order valence-corrected chi connectivity index (χ3v) is 5.59. The molecular weight excluding hydrogens is 398 g/mol. The molecule has 0 amide bonds. The quantitative estimate of drug-likeness (QED) is 0.519. The molecule has 3 aromatic carbocycles. The fourth-order valence-corrected chi connectivity index (χ4v) is 3.99. The van der Waals surface area contributed by atoms with Gasteiger partial charge in [0.25, 0.3) is 0 Å². The van der Waals surface area contributed by atoms with Gasteiger partial charge in [-0.1, -0.05) is 53.6 Å². The van der Waals surface area contributed by atoms with Crippen molar-refractivity contribution >= 4 is 23.5 Å². The lowest BCUT2D eigenvalue weighted by molar-refractivity contribution is 0.0873. The molecule has 4 nitrogen and oxygen atoms in total. The number of Topliss-reactive ketones (excluding diaryl/α,β-unsaturated/α-hetero) is 1. The van der Waals surface area contributed by atoms with Crippen molar-refractivity contribution in [1.82, 2.24) is 4.90 Å². The van der Waals surface area contributed by atoms with Crippen molar-refractivity contribution in [2.45, 2.75) is 20.0 Å². The second-order valence-corrected chi connectivity index (χ2v) is 8.10. The average molecular weight is 418 g/mol. The lowest BCUT2D eigenvalue weighted by Crippen LogP contribution is -2.31. The van der Waals surface area contributed by atoms with Gasteiger partial charge >= 0.3 is 0 Å². The predicted molar refractivity (Wildman–Crippen MR) is 117 cm³/mol. The van der Waals surface area contributed by atoms with Crippen molar-refractivity contribution in [3.63, 3.8) is 0 Å². The van der Waals surface area contributed by atoms with Gasteiger partial charge in [-0.2, -0.15) is 0 Å². The zero-order valence-corrected chi connectivity index (χ0v) is 17.3. The van der Waals surface area contributed by atoms with Crippen LogP contribution in [-0.2, 0) is 13.1 Å². The first-order chi connectivity index (χ1) is 14.6. The Balaban J connectivity index is 1.42. The smallest absolute Gasteiger partial charge is 0.231 e. The number of halogens is 1. The van der Waals surface area contributed by atoms with Gasteiger partial charge in [0.1, 0.15) is 18.2 Å². The van der Waals surface area contributed by atoms with E-state index in [1.54, 1.807) is 12.1 Å². The minimum atomic E-state index is -0.0934. The van der Waals surface area contributed by atoms with E-state index in [4.69, 9.17) is 21.1 Å². The molecule has 2 aliphatic rings. The van der Waals surface area contributed by atoms with Gasteiger partial charge in [0.2, 0.25) is 5.78 Å². The summed E-state index contributed by atoms with van der Waals surface area (Å²) in [4.78, 5) is 15.1. The summed E-state index contributed by atoms with van der Waals surface area (Å²) < 4.78 is 12.0. The number of allylic oxidation sites excluding steroid dienone is 1. The molecular formula is C25H20ClNO3. The Labute approximate surface area is 180 Å². The first-order valence-corrected chi connectivity index (χ1v) is 10.2. The molecule has 150 valence electrons. The zero-order valence-electron chi connectivity index (χ0n) is 16.5. The molecule has 2 aliphatic heterocycles. The van der Waals surface area contributed by atoms with Crippen LogP contribution >= 0.6 is 11.6 Å². The maximum Gasteiger partial charge on any atom is 0.231 e.